The first kappa shape index (κ1) is 19.8. The van der Waals surface area contributed by atoms with Gasteiger partial charge in [0.2, 0.25) is 0 Å². The number of alkyl halides is 3. The fraction of sp³-hybridized carbons (Fsp3) is 0.529. The Kier molecular flexibility index (Phi) is 6.96. The van der Waals surface area contributed by atoms with Gasteiger partial charge in [-0.3, -0.25) is 0 Å². The topological polar surface area (TPSA) is 21.3 Å². The summed E-state index contributed by atoms with van der Waals surface area (Å²) in [4.78, 5) is 0. The van der Waals surface area contributed by atoms with Crippen molar-refractivity contribution in [2.75, 3.05) is 6.54 Å². The van der Waals surface area contributed by atoms with Crippen LogP contribution in [0.2, 0.25) is 5.02 Å². The van der Waals surface area contributed by atoms with Gasteiger partial charge in [0.1, 0.15) is 5.75 Å². The van der Waals surface area contributed by atoms with Crippen molar-refractivity contribution in [3.63, 3.8) is 0 Å². The molecule has 0 radical (unpaired) electrons. The van der Waals surface area contributed by atoms with Crippen LogP contribution in [0.3, 0.4) is 0 Å². The molecule has 0 fully saturated rings. The molecule has 0 saturated heterocycles. The van der Waals surface area contributed by atoms with Gasteiger partial charge in [0.05, 0.1) is 5.02 Å². The van der Waals surface area contributed by atoms with E-state index in [9.17, 15) is 13.2 Å². The fourth-order valence-electron chi connectivity index (χ4n) is 2.16. The molecule has 0 heterocycles. The van der Waals surface area contributed by atoms with Crippen molar-refractivity contribution < 1.29 is 17.9 Å². The minimum absolute atomic E-state index is 0.0724. The van der Waals surface area contributed by atoms with Crippen LogP contribution in [0.15, 0.2) is 30.4 Å². The highest BCUT2D eigenvalue weighted by Crippen LogP contribution is 2.35. The second-order valence-corrected chi connectivity index (χ2v) is 6.49. The van der Waals surface area contributed by atoms with Crippen LogP contribution < -0.4 is 10.1 Å². The minimum atomic E-state index is -4.77. The Morgan fingerprint density at radius 3 is 2.35 bits per heavy atom. The van der Waals surface area contributed by atoms with E-state index in [1.165, 1.54) is 12.1 Å². The lowest BCUT2D eigenvalue weighted by Crippen LogP contribution is -2.29. The van der Waals surface area contributed by atoms with E-state index in [2.05, 4.69) is 16.6 Å². The molecule has 1 N–H and O–H groups in total. The van der Waals surface area contributed by atoms with Gasteiger partial charge in [0, 0.05) is 18.5 Å². The zero-order chi connectivity index (χ0) is 17.8. The molecule has 2 nitrogen and oxygen atoms in total. The van der Waals surface area contributed by atoms with Crippen LogP contribution in [0.5, 0.6) is 5.75 Å². The lowest BCUT2D eigenvalue weighted by molar-refractivity contribution is -0.274. The maximum Gasteiger partial charge on any atom is 0.573 e. The predicted molar refractivity (Wildman–Crippen MR) is 88.0 cm³/mol. The molecule has 0 spiro atoms. The van der Waals surface area contributed by atoms with Gasteiger partial charge < -0.3 is 10.1 Å². The second-order valence-electron chi connectivity index (χ2n) is 6.08. The van der Waals surface area contributed by atoms with Crippen LogP contribution in [-0.2, 0) is 0 Å². The summed E-state index contributed by atoms with van der Waals surface area (Å²) in [6.07, 6.45) is -4.77. The third-order valence-electron chi connectivity index (χ3n) is 3.50. The molecule has 0 unspecified atom stereocenters. The van der Waals surface area contributed by atoms with Crippen LogP contribution in [0.25, 0.3) is 0 Å². The molecule has 0 aliphatic carbocycles. The van der Waals surface area contributed by atoms with E-state index >= 15 is 0 Å². The lowest BCUT2D eigenvalue weighted by Gasteiger charge is -2.25. The summed E-state index contributed by atoms with van der Waals surface area (Å²) in [5, 5.41) is 3.23. The molecule has 1 rings (SSSR count). The zero-order valence-electron chi connectivity index (χ0n) is 13.8. The Morgan fingerprint density at radius 1 is 1.26 bits per heavy atom. The molecule has 130 valence electrons. The standard InChI is InChI=1S/C17H23ClF3NO/c1-10(2)12(5)14(9-22-11(3)4)13-6-7-15(18)16(8-13)23-17(19,20)21/h6-8,10-11,14,22H,5,9H2,1-4H3/t14-/m0/s1. The molecule has 0 aliphatic rings. The average molecular weight is 350 g/mol. The molecule has 1 aromatic carbocycles. The zero-order valence-corrected chi connectivity index (χ0v) is 14.6. The second kappa shape index (κ2) is 8.06. The van der Waals surface area contributed by atoms with Gasteiger partial charge in [-0.05, 0) is 23.6 Å². The molecular weight excluding hydrogens is 327 g/mol. The molecule has 0 bridgehead atoms. The SMILES string of the molecule is C=C(C(C)C)[C@H](CNC(C)C)c1ccc(Cl)c(OC(F)(F)F)c1. The molecule has 1 aromatic rings. The lowest BCUT2D eigenvalue weighted by atomic mass is 9.85. The summed E-state index contributed by atoms with van der Waals surface area (Å²) >= 11 is 5.81. The summed E-state index contributed by atoms with van der Waals surface area (Å²) in [5.74, 6) is -0.301. The van der Waals surface area contributed by atoms with E-state index in [4.69, 9.17) is 11.6 Å². The van der Waals surface area contributed by atoms with Crippen molar-refractivity contribution in [1.29, 1.82) is 0 Å². The third kappa shape index (κ3) is 6.43. The Labute approximate surface area is 140 Å². The first-order valence-electron chi connectivity index (χ1n) is 7.48. The Bertz CT molecular complexity index is 541. The van der Waals surface area contributed by atoms with Crippen molar-refractivity contribution >= 4 is 11.6 Å². The van der Waals surface area contributed by atoms with Gasteiger partial charge in [0.25, 0.3) is 0 Å². The van der Waals surface area contributed by atoms with Gasteiger partial charge in [-0.15, -0.1) is 13.2 Å². The maximum atomic E-state index is 12.5. The molecule has 0 saturated carbocycles. The maximum absolute atomic E-state index is 12.5. The number of benzene rings is 1. The van der Waals surface area contributed by atoms with Gasteiger partial charge in [-0.2, -0.15) is 0 Å². The first-order valence-corrected chi connectivity index (χ1v) is 7.86. The van der Waals surface area contributed by atoms with E-state index < -0.39 is 6.36 Å². The van der Waals surface area contributed by atoms with Gasteiger partial charge in [-0.1, -0.05) is 57.5 Å². The van der Waals surface area contributed by atoms with Gasteiger partial charge in [-0.25, -0.2) is 0 Å². The molecule has 0 aliphatic heterocycles. The fourth-order valence-corrected chi connectivity index (χ4v) is 2.31. The number of hydrogen-bond acceptors (Lipinski definition) is 2. The molecule has 0 amide bonds. The van der Waals surface area contributed by atoms with Crippen LogP contribution >= 0.6 is 11.6 Å². The molecule has 0 aromatic heterocycles. The molecule has 23 heavy (non-hydrogen) atoms. The summed E-state index contributed by atoms with van der Waals surface area (Å²) in [6.45, 7) is 12.7. The molecular formula is C17H23ClF3NO. The molecule has 6 heteroatoms. The number of nitrogens with one attached hydrogen (secondary N) is 1. The quantitative estimate of drug-likeness (QED) is 0.653. The highest BCUT2D eigenvalue weighted by Gasteiger charge is 2.32. The van der Waals surface area contributed by atoms with Crippen molar-refractivity contribution in [3.8, 4) is 5.75 Å². The van der Waals surface area contributed by atoms with E-state index in [0.717, 1.165) is 5.57 Å². The summed E-state index contributed by atoms with van der Waals surface area (Å²) in [7, 11) is 0. The van der Waals surface area contributed by atoms with Crippen LogP contribution in [0, 0.1) is 5.92 Å². The normalized spacial score (nSPS) is 13.5. The number of halogens is 4. The first-order chi connectivity index (χ1) is 10.5. The minimum Gasteiger partial charge on any atom is -0.404 e. The third-order valence-corrected chi connectivity index (χ3v) is 3.81. The Morgan fingerprint density at radius 2 is 1.87 bits per heavy atom. The van der Waals surface area contributed by atoms with Crippen molar-refractivity contribution in [3.05, 3.63) is 40.9 Å². The Balaban J connectivity index is 3.14. The van der Waals surface area contributed by atoms with Gasteiger partial charge in [0.15, 0.2) is 0 Å². The van der Waals surface area contributed by atoms with E-state index in [-0.39, 0.29) is 28.6 Å². The monoisotopic (exact) mass is 349 g/mol. The van der Waals surface area contributed by atoms with Gasteiger partial charge >= 0.3 is 6.36 Å². The Hall–Kier alpha value is -1.20. The smallest absolute Gasteiger partial charge is 0.404 e. The molecule has 1 atom stereocenters. The van der Waals surface area contributed by atoms with Crippen molar-refractivity contribution in [2.24, 2.45) is 5.92 Å². The predicted octanol–water partition coefficient (Wildman–Crippen LogP) is 5.53. The summed E-state index contributed by atoms with van der Waals surface area (Å²) in [6, 6.07) is 4.74. The summed E-state index contributed by atoms with van der Waals surface area (Å²) < 4.78 is 41.5. The summed E-state index contributed by atoms with van der Waals surface area (Å²) in [5.41, 5.74) is 1.64. The van der Waals surface area contributed by atoms with Crippen molar-refractivity contribution in [2.45, 2.75) is 46.0 Å². The van der Waals surface area contributed by atoms with E-state index in [0.29, 0.717) is 12.1 Å². The largest absolute Gasteiger partial charge is 0.573 e. The number of rotatable bonds is 7. The van der Waals surface area contributed by atoms with Crippen LogP contribution in [0.1, 0.15) is 39.2 Å². The van der Waals surface area contributed by atoms with E-state index in [1.807, 2.05) is 27.7 Å². The average Bonchev–Trinajstić information content (AvgIpc) is 2.40. The van der Waals surface area contributed by atoms with E-state index in [1.54, 1.807) is 6.07 Å². The number of ether oxygens (including phenoxy) is 1. The van der Waals surface area contributed by atoms with Crippen molar-refractivity contribution in [1.82, 2.24) is 5.32 Å². The highest BCUT2D eigenvalue weighted by atomic mass is 35.5. The van der Waals surface area contributed by atoms with Crippen LogP contribution in [0.4, 0.5) is 13.2 Å². The number of hydrogen-bond donors (Lipinski definition) is 1. The highest BCUT2D eigenvalue weighted by molar-refractivity contribution is 6.32. The van der Waals surface area contributed by atoms with Crippen LogP contribution in [-0.4, -0.2) is 18.9 Å².